The van der Waals surface area contributed by atoms with Crippen molar-refractivity contribution in [2.24, 2.45) is 0 Å². The number of amides is 2. The molecule has 1 rings (SSSR count). The average molecular weight is 184 g/mol. The highest BCUT2D eigenvalue weighted by Gasteiger charge is 2.25. The van der Waals surface area contributed by atoms with Gasteiger partial charge in [-0.3, -0.25) is 20.0 Å². The van der Waals surface area contributed by atoms with Gasteiger partial charge in [-0.2, -0.15) is 0 Å². The minimum atomic E-state index is -0.180. The Kier molecular flexibility index (Phi) is 3.73. The molecule has 0 aliphatic carbocycles. The molecule has 1 saturated heterocycles. The molecule has 1 aliphatic rings. The maximum Gasteiger partial charge on any atom is 0.250 e. The largest absolute Gasteiger partial charge is 0.273 e. The van der Waals surface area contributed by atoms with Gasteiger partial charge >= 0.3 is 0 Å². The van der Waals surface area contributed by atoms with Crippen molar-refractivity contribution in [2.45, 2.75) is 39.0 Å². The van der Waals surface area contributed by atoms with E-state index in [0.29, 0.717) is 6.54 Å². The lowest BCUT2D eigenvalue weighted by Gasteiger charge is -2.14. The summed E-state index contributed by atoms with van der Waals surface area (Å²) in [7, 11) is 0. The van der Waals surface area contributed by atoms with Crippen LogP contribution in [0.2, 0.25) is 0 Å². The monoisotopic (exact) mass is 184 g/mol. The van der Waals surface area contributed by atoms with Crippen molar-refractivity contribution in [1.82, 2.24) is 10.4 Å². The summed E-state index contributed by atoms with van der Waals surface area (Å²) in [6.07, 6.45) is 4.49. The average Bonchev–Trinajstić information content (AvgIpc) is 2.39. The molecular formula is C9H16N2O2. The quantitative estimate of drug-likeness (QED) is 0.508. The van der Waals surface area contributed by atoms with Crippen molar-refractivity contribution in [3.8, 4) is 0 Å². The van der Waals surface area contributed by atoms with Crippen LogP contribution in [-0.4, -0.2) is 23.4 Å². The molecule has 13 heavy (non-hydrogen) atoms. The van der Waals surface area contributed by atoms with E-state index in [0.717, 1.165) is 12.8 Å². The third-order valence-corrected chi connectivity index (χ3v) is 2.11. The summed E-state index contributed by atoms with van der Waals surface area (Å²) >= 11 is 0. The Morgan fingerprint density at radius 3 is 2.62 bits per heavy atom. The van der Waals surface area contributed by atoms with Crippen LogP contribution in [0.25, 0.3) is 0 Å². The topological polar surface area (TPSA) is 49.4 Å². The smallest absolute Gasteiger partial charge is 0.250 e. The van der Waals surface area contributed by atoms with Gasteiger partial charge in [0, 0.05) is 6.54 Å². The molecule has 0 aromatic carbocycles. The fraction of sp³-hybridized carbons (Fsp3) is 0.778. The van der Waals surface area contributed by atoms with E-state index in [1.807, 2.05) is 0 Å². The van der Waals surface area contributed by atoms with Gasteiger partial charge < -0.3 is 0 Å². The Hall–Kier alpha value is -1.06. The van der Waals surface area contributed by atoms with Crippen molar-refractivity contribution in [3.05, 3.63) is 0 Å². The predicted molar refractivity (Wildman–Crippen MR) is 48.6 cm³/mol. The van der Waals surface area contributed by atoms with Crippen LogP contribution in [0, 0.1) is 0 Å². The van der Waals surface area contributed by atoms with Crippen molar-refractivity contribution >= 4 is 11.8 Å². The Labute approximate surface area is 78.3 Å². The number of carbonyl (C=O) groups excluding carboxylic acids is 2. The van der Waals surface area contributed by atoms with E-state index in [1.165, 1.54) is 17.9 Å². The number of rotatable bonds is 5. The maximum atomic E-state index is 11.1. The number of nitrogens with zero attached hydrogens (tertiary/aromatic N) is 1. The van der Waals surface area contributed by atoms with Gasteiger partial charge in [0.05, 0.1) is 0 Å². The molecular weight excluding hydrogens is 168 g/mol. The van der Waals surface area contributed by atoms with Crippen LogP contribution in [0.3, 0.4) is 0 Å². The van der Waals surface area contributed by atoms with E-state index in [4.69, 9.17) is 0 Å². The van der Waals surface area contributed by atoms with E-state index in [1.54, 1.807) is 0 Å². The van der Waals surface area contributed by atoms with Gasteiger partial charge in [0.1, 0.15) is 6.42 Å². The van der Waals surface area contributed by atoms with Crippen LogP contribution in [0.5, 0.6) is 0 Å². The molecule has 1 fully saturated rings. The van der Waals surface area contributed by atoms with Crippen LogP contribution in [0.4, 0.5) is 0 Å². The van der Waals surface area contributed by atoms with Gasteiger partial charge in [0.15, 0.2) is 0 Å². The van der Waals surface area contributed by atoms with Crippen LogP contribution in [0.15, 0.2) is 0 Å². The highest BCUT2D eigenvalue weighted by molar-refractivity contribution is 6.02. The normalized spacial score (nSPS) is 16.5. The fourth-order valence-electron chi connectivity index (χ4n) is 1.36. The van der Waals surface area contributed by atoms with Crippen LogP contribution < -0.4 is 5.43 Å². The van der Waals surface area contributed by atoms with E-state index in [9.17, 15) is 9.59 Å². The zero-order valence-corrected chi connectivity index (χ0v) is 8.01. The third kappa shape index (κ3) is 3.05. The first-order valence-corrected chi connectivity index (χ1v) is 4.84. The summed E-state index contributed by atoms with van der Waals surface area (Å²) in [6.45, 7) is 2.80. The van der Waals surface area contributed by atoms with Crippen LogP contribution >= 0.6 is 0 Å². The first-order valence-electron chi connectivity index (χ1n) is 4.84. The minimum absolute atomic E-state index is 0.0216. The van der Waals surface area contributed by atoms with Gasteiger partial charge in [-0.15, -0.1) is 0 Å². The number of hydrogen-bond donors (Lipinski definition) is 1. The van der Waals surface area contributed by atoms with Crippen LogP contribution in [-0.2, 0) is 9.59 Å². The van der Waals surface area contributed by atoms with Gasteiger partial charge in [0.25, 0.3) is 0 Å². The van der Waals surface area contributed by atoms with Crippen molar-refractivity contribution < 1.29 is 9.59 Å². The summed E-state index contributed by atoms with van der Waals surface area (Å²) < 4.78 is 0. The first-order chi connectivity index (χ1) is 6.24. The Balaban J connectivity index is 2.14. The molecule has 0 radical (unpaired) electrons. The molecule has 0 saturated carbocycles. The molecule has 4 heteroatoms. The lowest BCUT2D eigenvalue weighted by Crippen LogP contribution is -2.36. The molecule has 0 aromatic rings. The molecule has 0 aromatic heterocycles. The molecule has 0 unspecified atom stereocenters. The second-order valence-corrected chi connectivity index (χ2v) is 3.32. The summed E-state index contributed by atoms with van der Waals surface area (Å²) in [5.74, 6) is -0.276. The van der Waals surface area contributed by atoms with E-state index in [2.05, 4.69) is 12.3 Å². The molecule has 1 aliphatic heterocycles. The predicted octanol–water partition coefficient (Wildman–Crippen LogP) is 0.830. The van der Waals surface area contributed by atoms with Gasteiger partial charge in [-0.05, 0) is 6.42 Å². The van der Waals surface area contributed by atoms with Gasteiger partial charge in [0.2, 0.25) is 11.8 Å². The van der Waals surface area contributed by atoms with Crippen molar-refractivity contribution in [1.29, 1.82) is 0 Å². The van der Waals surface area contributed by atoms with Crippen molar-refractivity contribution in [3.63, 3.8) is 0 Å². The summed E-state index contributed by atoms with van der Waals surface area (Å²) in [5.41, 5.74) is 2.53. The van der Waals surface area contributed by atoms with E-state index >= 15 is 0 Å². The zero-order chi connectivity index (χ0) is 9.68. The third-order valence-electron chi connectivity index (χ3n) is 2.11. The summed E-state index contributed by atoms with van der Waals surface area (Å²) in [4.78, 5) is 21.9. The highest BCUT2D eigenvalue weighted by atomic mass is 16.2. The molecule has 1 N–H and O–H groups in total. The second kappa shape index (κ2) is 4.84. The second-order valence-electron chi connectivity index (χ2n) is 3.32. The molecule has 1 heterocycles. The Morgan fingerprint density at radius 1 is 1.31 bits per heavy atom. The van der Waals surface area contributed by atoms with Gasteiger partial charge in [-0.1, -0.05) is 26.2 Å². The summed E-state index contributed by atoms with van der Waals surface area (Å²) in [6, 6.07) is 0. The molecule has 0 spiro atoms. The molecule has 2 amide bonds. The minimum Gasteiger partial charge on any atom is -0.273 e. The Bertz CT molecular complexity index is 204. The standard InChI is InChI=1S/C9H16N2O2/c1-2-3-4-5-6-11-9(13)7-8(12)10-11/h2-7H2,1H3,(H,10,12). The summed E-state index contributed by atoms with van der Waals surface area (Å²) in [5, 5.41) is 1.43. The van der Waals surface area contributed by atoms with Crippen LogP contribution in [0.1, 0.15) is 39.0 Å². The maximum absolute atomic E-state index is 11.1. The lowest BCUT2D eigenvalue weighted by molar-refractivity contribution is -0.129. The van der Waals surface area contributed by atoms with Gasteiger partial charge in [-0.25, -0.2) is 0 Å². The lowest BCUT2D eigenvalue weighted by atomic mass is 10.2. The first kappa shape index (κ1) is 10.0. The number of carbonyl (C=O) groups is 2. The highest BCUT2D eigenvalue weighted by Crippen LogP contribution is 2.05. The van der Waals surface area contributed by atoms with E-state index < -0.39 is 0 Å². The van der Waals surface area contributed by atoms with Crippen molar-refractivity contribution in [2.75, 3.05) is 6.54 Å². The number of nitrogens with one attached hydrogen (secondary N) is 1. The SMILES string of the molecule is CCCCCCN1NC(=O)CC1=O. The Morgan fingerprint density at radius 2 is 2.08 bits per heavy atom. The fourth-order valence-corrected chi connectivity index (χ4v) is 1.36. The zero-order valence-electron chi connectivity index (χ0n) is 8.01. The molecule has 0 bridgehead atoms. The number of unbranched alkanes of at least 4 members (excludes halogenated alkanes) is 3. The number of hydrazine groups is 1. The molecule has 4 nitrogen and oxygen atoms in total. The van der Waals surface area contributed by atoms with E-state index in [-0.39, 0.29) is 18.2 Å². The number of hydrogen-bond acceptors (Lipinski definition) is 2. The molecule has 0 atom stereocenters. The molecule has 74 valence electrons.